The van der Waals surface area contributed by atoms with E-state index in [4.69, 9.17) is 11.5 Å². The van der Waals surface area contributed by atoms with Gasteiger partial charge in [-0.05, 0) is 31.8 Å². The van der Waals surface area contributed by atoms with Gasteiger partial charge in [-0.1, -0.05) is 0 Å². The molecule has 14 heteroatoms. The molecule has 31 heavy (non-hydrogen) atoms. The SMILES string of the molecule is CSCCC(NC(=O)C(CO)NC(=O)C(N)C(C)O)C(=O)NC(CCC(N)=O)C(=O)O. The van der Waals surface area contributed by atoms with Crippen LogP contribution in [0.15, 0.2) is 0 Å². The van der Waals surface area contributed by atoms with Gasteiger partial charge in [0.2, 0.25) is 23.6 Å². The summed E-state index contributed by atoms with van der Waals surface area (Å²) in [5.41, 5.74) is 10.5. The molecule has 0 rings (SSSR count). The highest BCUT2D eigenvalue weighted by Crippen LogP contribution is 2.05. The van der Waals surface area contributed by atoms with Gasteiger partial charge in [-0.15, -0.1) is 0 Å². The minimum atomic E-state index is -1.45. The summed E-state index contributed by atoms with van der Waals surface area (Å²) in [7, 11) is 0. The molecule has 0 heterocycles. The van der Waals surface area contributed by atoms with Gasteiger partial charge in [0.15, 0.2) is 0 Å². The number of carboxylic acid groups (broad SMARTS) is 1. The summed E-state index contributed by atoms with van der Waals surface area (Å²) in [5.74, 6) is -4.28. The molecule has 0 aromatic heterocycles. The quantitative estimate of drug-likeness (QED) is 0.118. The summed E-state index contributed by atoms with van der Waals surface area (Å²) in [5, 5.41) is 34.8. The van der Waals surface area contributed by atoms with Crippen LogP contribution in [-0.4, -0.2) is 93.8 Å². The number of amides is 4. The van der Waals surface area contributed by atoms with E-state index < -0.39 is 66.5 Å². The third-order valence-electron chi connectivity index (χ3n) is 4.18. The van der Waals surface area contributed by atoms with Crippen molar-refractivity contribution in [2.24, 2.45) is 11.5 Å². The van der Waals surface area contributed by atoms with E-state index in [1.165, 1.54) is 18.7 Å². The lowest BCUT2D eigenvalue weighted by Gasteiger charge is -2.24. The van der Waals surface area contributed by atoms with Crippen molar-refractivity contribution in [3.63, 3.8) is 0 Å². The predicted molar refractivity (Wildman–Crippen MR) is 112 cm³/mol. The molecule has 0 aliphatic rings. The highest BCUT2D eigenvalue weighted by atomic mass is 32.2. The van der Waals surface area contributed by atoms with Gasteiger partial charge >= 0.3 is 5.97 Å². The van der Waals surface area contributed by atoms with Crippen LogP contribution in [0.25, 0.3) is 0 Å². The molecule has 13 nitrogen and oxygen atoms in total. The number of thioether (sulfide) groups is 1. The first-order valence-electron chi connectivity index (χ1n) is 9.40. The molecule has 0 radical (unpaired) electrons. The Morgan fingerprint density at radius 1 is 0.935 bits per heavy atom. The van der Waals surface area contributed by atoms with Crippen LogP contribution in [0.4, 0.5) is 0 Å². The molecule has 0 spiro atoms. The highest BCUT2D eigenvalue weighted by molar-refractivity contribution is 7.98. The lowest BCUT2D eigenvalue weighted by Crippen LogP contribution is -2.59. The van der Waals surface area contributed by atoms with Crippen molar-refractivity contribution in [3.05, 3.63) is 0 Å². The fourth-order valence-corrected chi connectivity index (χ4v) is 2.75. The summed E-state index contributed by atoms with van der Waals surface area (Å²) in [6.45, 7) is 0.468. The molecule has 4 amide bonds. The van der Waals surface area contributed by atoms with Crippen LogP contribution in [0.3, 0.4) is 0 Å². The van der Waals surface area contributed by atoms with Crippen LogP contribution in [0.2, 0.25) is 0 Å². The van der Waals surface area contributed by atoms with E-state index in [0.29, 0.717) is 5.75 Å². The Hall–Kier alpha value is -2.42. The third kappa shape index (κ3) is 11.0. The molecule has 5 atom stereocenters. The number of hydrogen-bond donors (Lipinski definition) is 8. The van der Waals surface area contributed by atoms with Crippen LogP contribution in [-0.2, 0) is 24.0 Å². The number of carbonyl (C=O) groups is 5. The topological polar surface area (TPSA) is 234 Å². The van der Waals surface area contributed by atoms with Gasteiger partial charge in [-0.25, -0.2) is 4.79 Å². The van der Waals surface area contributed by atoms with E-state index >= 15 is 0 Å². The number of nitrogens with two attached hydrogens (primary N) is 2. The zero-order chi connectivity index (χ0) is 24.1. The van der Waals surface area contributed by atoms with Crippen molar-refractivity contribution in [2.45, 2.75) is 56.5 Å². The van der Waals surface area contributed by atoms with Crippen LogP contribution in [0, 0.1) is 0 Å². The molecule has 5 unspecified atom stereocenters. The number of carboxylic acids is 1. The summed E-state index contributed by atoms with van der Waals surface area (Å²) < 4.78 is 0. The second kappa shape index (κ2) is 14.6. The van der Waals surface area contributed by atoms with Crippen molar-refractivity contribution in [2.75, 3.05) is 18.6 Å². The zero-order valence-electron chi connectivity index (χ0n) is 17.4. The summed E-state index contributed by atoms with van der Waals surface area (Å²) in [6, 6.07) is -5.36. The molecule has 0 bridgehead atoms. The van der Waals surface area contributed by atoms with E-state index in [9.17, 15) is 39.3 Å². The largest absolute Gasteiger partial charge is 0.480 e. The standard InChI is InChI=1S/C17H31N5O8S/c1-8(24)13(19)16(28)22-11(7-23)15(27)20-9(5-6-31-2)14(26)21-10(17(29)30)3-4-12(18)25/h8-11,13,23-24H,3-7,19H2,1-2H3,(H2,18,25)(H,20,27)(H,21,26)(H,22,28)(H,29,30). The number of aliphatic hydroxyl groups is 2. The second-order valence-corrected chi connectivity index (χ2v) is 7.74. The number of aliphatic carboxylic acids is 1. The normalized spacial score (nSPS) is 15.6. The Morgan fingerprint density at radius 2 is 1.45 bits per heavy atom. The van der Waals surface area contributed by atoms with E-state index in [1.807, 2.05) is 0 Å². The Labute approximate surface area is 183 Å². The van der Waals surface area contributed by atoms with E-state index in [-0.39, 0.29) is 19.3 Å². The molecule has 0 saturated heterocycles. The zero-order valence-corrected chi connectivity index (χ0v) is 18.2. The van der Waals surface area contributed by atoms with E-state index in [0.717, 1.165) is 0 Å². The monoisotopic (exact) mass is 465 g/mol. The van der Waals surface area contributed by atoms with Crippen molar-refractivity contribution in [3.8, 4) is 0 Å². The van der Waals surface area contributed by atoms with Gasteiger partial charge in [0.25, 0.3) is 0 Å². The molecule has 178 valence electrons. The fraction of sp³-hybridized carbons (Fsp3) is 0.706. The molecular weight excluding hydrogens is 434 g/mol. The number of carbonyl (C=O) groups excluding carboxylic acids is 4. The molecule has 0 aliphatic heterocycles. The Kier molecular flexibility index (Phi) is 13.4. The summed E-state index contributed by atoms with van der Waals surface area (Å²) >= 11 is 1.37. The lowest BCUT2D eigenvalue weighted by atomic mass is 10.1. The molecule has 0 aliphatic carbocycles. The maximum Gasteiger partial charge on any atom is 0.326 e. The maximum absolute atomic E-state index is 12.6. The second-order valence-electron chi connectivity index (χ2n) is 6.76. The molecule has 0 aromatic rings. The van der Waals surface area contributed by atoms with Crippen LogP contribution in [0.5, 0.6) is 0 Å². The fourth-order valence-electron chi connectivity index (χ4n) is 2.27. The number of hydrogen-bond acceptors (Lipinski definition) is 9. The Bertz CT molecular complexity index is 648. The van der Waals surface area contributed by atoms with Crippen molar-refractivity contribution < 1.29 is 39.3 Å². The minimum Gasteiger partial charge on any atom is -0.480 e. The van der Waals surface area contributed by atoms with Crippen LogP contribution >= 0.6 is 11.8 Å². The van der Waals surface area contributed by atoms with Gasteiger partial charge in [0.1, 0.15) is 24.2 Å². The minimum absolute atomic E-state index is 0.125. The van der Waals surface area contributed by atoms with Crippen molar-refractivity contribution in [1.29, 1.82) is 0 Å². The molecule has 0 saturated carbocycles. The van der Waals surface area contributed by atoms with E-state index in [1.54, 1.807) is 6.26 Å². The van der Waals surface area contributed by atoms with Crippen molar-refractivity contribution in [1.82, 2.24) is 16.0 Å². The average Bonchev–Trinajstić information content (AvgIpc) is 2.70. The first-order valence-corrected chi connectivity index (χ1v) is 10.8. The van der Waals surface area contributed by atoms with Crippen LogP contribution in [0.1, 0.15) is 26.2 Å². The molecule has 0 aromatic carbocycles. The molecular formula is C17H31N5O8S. The average molecular weight is 466 g/mol. The van der Waals surface area contributed by atoms with Gasteiger partial charge in [-0.3, -0.25) is 19.2 Å². The summed E-state index contributed by atoms with van der Waals surface area (Å²) in [4.78, 5) is 59.2. The Balaban J connectivity index is 5.24. The first kappa shape index (κ1) is 28.6. The predicted octanol–water partition coefficient (Wildman–Crippen LogP) is -3.76. The van der Waals surface area contributed by atoms with Crippen molar-refractivity contribution >= 4 is 41.4 Å². The molecule has 0 fully saturated rings. The first-order chi connectivity index (χ1) is 14.4. The third-order valence-corrected chi connectivity index (χ3v) is 4.82. The van der Waals surface area contributed by atoms with Gasteiger partial charge < -0.3 is 42.7 Å². The summed E-state index contributed by atoms with van der Waals surface area (Å²) in [6.07, 6.45) is 0.196. The number of nitrogens with one attached hydrogen (secondary N) is 3. The smallest absolute Gasteiger partial charge is 0.326 e. The highest BCUT2D eigenvalue weighted by Gasteiger charge is 2.30. The number of aliphatic hydroxyl groups excluding tert-OH is 2. The molecule has 10 N–H and O–H groups in total. The van der Waals surface area contributed by atoms with Gasteiger partial charge in [0.05, 0.1) is 12.7 Å². The Morgan fingerprint density at radius 3 is 1.90 bits per heavy atom. The van der Waals surface area contributed by atoms with E-state index in [2.05, 4.69) is 16.0 Å². The number of rotatable bonds is 15. The van der Waals surface area contributed by atoms with Crippen LogP contribution < -0.4 is 27.4 Å². The lowest BCUT2D eigenvalue weighted by molar-refractivity contribution is -0.142. The maximum atomic E-state index is 12.6. The number of primary amides is 1. The van der Waals surface area contributed by atoms with Gasteiger partial charge in [-0.2, -0.15) is 11.8 Å². The van der Waals surface area contributed by atoms with Gasteiger partial charge in [0, 0.05) is 6.42 Å².